The van der Waals surface area contributed by atoms with Crippen molar-refractivity contribution in [3.63, 3.8) is 0 Å². The van der Waals surface area contributed by atoms with Crippen LogP contribution >= 0.6 is 0 Å². The van der Waals surface area contributed by atoms with Crippen LogP contribution in [0.2, 0.25) is 0 Å². The monoisotopic (exact) mass is 457 g/mol. The summed E-state index contributed by atoms with van der Waals surface area (Å²) >= 11 is 0. The predicted octanol–water partition coefficient (Wildman–Crippen LogP) is 3.12. The molecule has 1 atom stereocenters. The molecule has 1 aliphatic carbocycles. The zero-order valence-corrected chi connectivity index (χ0v) is 19.7. The van der Waals surface area contributed by atoms with E-state index >= 15 is 0 Å². The molecule has 4 rings (SSSR count). The van der Waals surface area contributed by atoms with Crippen LogP contribution in [0.3, 0.4) is 0 Å². The number of benzene rings is 1. The molecule has 1 aromatic heterocycles. The molecule has 1 saturated carbocycles. The molecule has 2 heterocycles. The van der Waals surface area contributed by atoms with Gasteiger partial charge in [0.05, 0.1) is 13.2 Å². The van der Waals surface area contributed by atoms with Gasteiger partial charge in [0, 0.05) is 44.1 Å². The summed E-state index contributed by atoms with van der Waals surface area (Å²) in [6.45, 7) is 6.18. The second-order valence-electron chi connectivity index (χ2n) is 9.64. The van der Waals surface area contributed by atoms with Crippen LogP contribution in [0.25, 0.3) is 10.9 Å². The Morgan fingerprint density at radius 3 is 2.85 bits per heavy atom. The summed E-state index contributed by atoms with van der Waals surface area (Å²) in [7, 11) is 0. The minimum absolute atomic E-state index is 0.0280. The molecule has 2 amide bonds. The van der Waals surface area contributed by atoms with Gasteiger partial charge in [0.2, 0.25) is 0 Å². The van der Waals surface area contributed by atoms with Crippen LogP contribution in [0, 0.1) is 0 Å². The molecule has 33 heavy (non-hydrogen) atoms. The third-order valence-electron chi connectivity index (χ3n) is 6.05. The van der Waals surface area contributed by atoms with Gasteiger partial charge in [-0.05, 0) is 58.2 Å². The molecule has 1 saturated heterocycles. The van der Waals surface area contributed by atoms with E-state index in [1.54, 1.807) is 13.8 Å². The van der Waals surface area contributed by atoms with Crippen molar-refractivity contribution in [2.75, 3.05) is 26.2 Å². The quantitative estimate of drug-likeness (QED) is 0.690. The Hall–Kier alpha value is -2.58. The summed E-state index contributed by atoms with van der Waals surface area (Å²) in [5, 5.41) is 1.14. The lowest BCUT2D eigenvalue weighted by molar-refractivity contribution is -0.150. The highest BCUT2D eigenvalue weighted by Gasteiger charge is 2.39. The van der Waals surface area contributed by atoms with Gasteiger partial charge < -0.3 is 29.6 Å². The van der Waals surface area contributed by atoms with E-state index in [1.165, 1.54) is 4.90 Å². The number of aryl methyl sites for hydroxylation is 1. The molecule has 1 aromatic carbocycles. The summed E-state index contributed by atoms with van der Waals surface area (Å²) < 4.78 is 21.0. The molecule has 2 aliphatic rings. The van der Waals surface area contributed by atoms with Gasteiger partial charge in [0.1, 0.15) is 5.60 Å². The highest BCUT2D eigenvalue weighted by atomic mass is 16.6. The summed E-state index contributed by atoms with van der Waals surface area (Å²) in [6.07, 6.45) is 3.77. The van der Waals surface area contributed by atoms with E-state index in [0.29, 0.717) is 19.6 Å². The summed E-state index contributed by atoms with van der Waals surface area (Å²) in [5.41, 5.74) is 7.11. The van der Waals surface area contributed by atoms with Gasteiger partial charge in [0.15, 0.2) is 6.10 Å². The lowest BCUT2D eigenvalue weighted by atomic mass is 10.1. The van der Waals surface area contributed by atoms with E-state index in [9.17, 15) is 9.59 Å². The Morgan fingerprint density at radius 2 is 2.12 bits per heavy atom. The molecule has 180 valence electrons. The normalized spacial score (nSPS) is 19.4. The van der Waals surface area contributed by atoms with Crippen LogP contribution in [0.4, 0.5) is 4.79 Å². The Morgan fingerprint density at radius 1 is 1.33 bits per heavy atom. The van der Waals surface area contributed by atoms with Crippen LogP contribution in [-0.2, 0) is 27.4 Å². The van der Waals surface area contributed by atoms with Crippen molar-refractivity contribution in [1.29, 1.82) is 0 Å². The summed E-state index contributed by atoms with van der Waals surface area (Å²) in [4.78, 5) is 29.6. The first-order valence-corrected chi connectivity index (χ1v) is 11.8. The van der Waals surface area contributed by atoms with Gasteiger partial charge in [-0.15, -0.1) is 0 Å². The zero-order chi connectivity index (χ0) is 24.3. The minimum Gasteiger partial charge on any atom is -0.444 e. The number of amides is 2. The number of aromatic nitrogens is 1. The topological polar surface area (TPSA) is 90.0 Å². The summed E-state index contributed by atoms with van der Waals surface area (Å²) in [5.74, 6) is -0.0847. The van der Waals surface area contributed by atoms with Crippen molar-refractivity contribution in [2.45, 2.75) is 70.8 Å². The fourth-order valence-corrected chi connectivity index (χ4v) is 4.30. The van der Waals surface area contributed by atoms with E-state index < -0.39 is 17.8 Å². The van der Waals surface area contributed by atoms with Gasteiger partial charge in [-0.3, -0.25) is 4.79 Å². The molecule has 8 heteroatoms. The number of hydrogen-bond acceptors (Lipinski definition) is 5. The fourth-order valence-electron chi connectivity index (χ4n) is 4.30. The Bertz CT molecular complexity index is 1020. The molecule has 0 spiro atoms. The molecule has 1 unspecified atom stereocenters. The maximum atomic E-state index is 13.6. The van der Waals surface area contributed by atoms with Gasteiger partial charge in [0.25, 0.3) is 5.91 Å². The van der Waals surface area contributed by atoms with E-state index in [0.717, 1.165) is 42.3 Å². The summed E-state index contributed by atoms with van der Waals surface area (Å²) in [6, 6.07) is 8.45. The van der Waals surface area contributed by atoms with E-state index in [1.807, 2.05) is 17.0 Å². The molecule has 2 aromatic rings. The average molecular weight is 458 g/mol. The van der Waals surface area contributed by atoms with Crippen molar-refractivity contribution in [3.05, 3.63) is 36.0 Å². The highest BCUT2D eigenvalue weighted by molar-refractivity contribution is 5.86. The first-order chi connectivity index (χ1) is 16.3. The number of nitrogens with zero attached hydrogens (tertiary/aromatic N) is 3. The Kier molecular flexibility index (Phi) is 6.55. The molecule has 1 aliphatic heterocycles. The van der Waals surface area contributed by atoms with Crippen molar-refractivity contribution in [2.24, 2.45) is 5.73 Å². The van der Waals surface area contributed by atoms with Crippen molar-refractivity contribution < 1.29 is 20.4 Å². The first kappa shape index (κ1) is 22.2. The molecular weight excluding hydrogens is 420 g/mol. The maximum absolute atomic E-state index is 13.6. The number of para-hydroxylation sites is 1. The van der Waals surface area contributed by atoms with Crippen molar-refractivity contribution >= 4 is 22.9 Å². The van der Waals surface area contributed by atoms with Crippen LogP contribution < -0.4 is 5.73 Å². The largest absolute Gasteiger partial charge is 0.444 e. The Labute approximate surface area is 197 Å². The van der Waals surface area contributed by atoms with Crippen LogP contribution in [-0.4, -0.2) is 70.4 Å². The number of fused-ring (bicyclic) bond motifs is 1. The van der Waals surface area contributed by atoms with Crippen molar-refractivity contribution in [1.82, 2.24) is 14.4 Å². The molecule has 2 N–H and O–H groups in total. The molecule has 0 radical (unpaired) electrons. The second-order valence-corrected chi connectivity index (χ2v) is 9.64. The minimum atomic E-state index is -0.868. The molecular formula is C25H36N4O4. The first-order valence-electron chi connectivity index (χ1n) is 12.5. The standard InChI is InChI=1S/C25H36N4O4/c1-25(2,3)33-24(31)28-13-14-32-22(17-28)23(30)29(19-9-10-19)16-18-15-27(12-6-11-26)21-8-5-4-7-20(18)21/h4-5,7-8,15,19,22H,6,9-14,16-17,26H2,1-3H3/i1D. The van der Waals surface area contributed by atoms with E-state index in [4.69, 9.17) is 16.6 Å². The predicted molar refractivity (Wildman–Crippen MR) is 127 cm³/mol. The van der Waals surface area contributed by atoms with Crippen LogP contribution in [0.1, 0.15) is 46.9 Å². The van der Waals surface area contributed by atoms with Gasteiger partial charge in [-0.1, -0.05) is 18.2 Å². The van der Waals surface area contributed by atoms with Gasteiger partial charge in [-0.25, -0.2) is 4.79 Å². The SMILES string of the molecule is [2H]CC(C)(C)OC(=O)N1CCOC(C(=O)N(Cc2cn(CCCN)c3ccccc23)C2CC2)C1. The zero-order valence-electron chi connectivity index (χ0n) is 20.7. The van der Waals surface area contributed by atoms with E-state index in [-0.39, 0.29) is 32.0 Å². The number of ether oxygens (including phenoxy) is 2. The number of morpholine rings is 1. The van der Waals surface area contributed by atoms with Gasteiger partial charge >= 0.3 is 6.09 Å². The fraction of sp³-hybridized carbons (Fsp3) is 0.600. The maximum Gasteiger partial charge on any atom is 0.410 e. The number of carbonyl (C=O) groups is 2. The molecule has 2 fully saturated rings. The van der Waals surface area contributed by atoms with Crippen LogP contribution in [0.15, 0.2) is 30.5 Å². The number of hydrogen-bond donors (Lipinski definition) is 1. The number of carbonyl (C=O) groups excluding carboxylic acids is 2. The third-order valence-corrected chi connectivity index (χ3v) is 6.05. The van der Waals surface area contributed by atoms with Crippen molar-refractivity contribution in [3.8, 4) is 0 Å². The van der Waals surface area contributed by atoms with Gasteiger partial charge in [-0.2, -0.15) is 0 Å². The Balaban J connectivity index is 1.49. The second kappa shape index (κ2) is 9.73. The smallest absolute Gasteiger partial charge is 0.410 e. The average Bonchev–Trinajstić information content (AvgIpc) is 3.63. The highest BCUT2D eigenvalue weighted by Crippen LogP contribution is 2.32. The van der Waals surface area contributed by atoms with Crippen LogP contribution in [0.5, 0.6) is 0 Å². The molecule has 0 bridgehead atoms. The molecule has 8 nitrogen and oxygen atoms in total. The third kappa shape index (κ3) is 5.68. The number of nitrogens with two attached hydrogens (primary N) is 1. The number of rotatable bonds is 7. The lowest BCUT2D eigenvalue weighted by Crippen LogP contribution is -2.53. The van der Waals surface area contributed by atoms with E-state index in [2.05, 4.69) is 22.9 Å². The lowest BCUT2D eigenvalue weighted by Gasteiger charge is -2.35.